The number of halogens is 1. The monoisotopic (exact) mass is 407 g/mol. The molecule has 0 saturated heterocycles. The molecule has 2 aromatic heterocycles. The van der Waals surface area contributed by atoms with Gasteiger partial charge < -0.3 is 10.7 Å². The Hall–Kier alpha value is -2.66. The first-order valence-corrected chi connectivity index (χ1v) is 10.3. The summed E-state index contributed by atoms with van der Waals surface area (Å²) >= 11 is 6.75. The fourth-order valence-electron chi connectivity index (χ4n) is 5.24. The molecule has 0 unspecified atom stereocenters. The van der Waals surface area contributed by atoms with Crippen molar-refractivity contribution in [2.24, 2.45) is 17.6 Å². The molecule has 0 aliphatic heterocycles. The largest absolute Gasteiger partial charge is 0.364 e. The highest BCUT2D eigenvalue weighted by Crippen LogP contribution is 2.61. The first kappa shape index (κ1) is 18.4. The van der Waals surface area contributed by atoms with E-state index in [0.29, 0.717) is 11.2 Å². The molecule has 1 amide bonds. The van der Waals surface area contributed by atoms with E-state index in [-0.39, 0.29) is 21.9 Å². The van der Waals surface area contributed by atoms with E-state index in [1.165, 1.54) is 37.1 Å². The number of nitrogens with two attached hydrogens (primary N) is 1. The van der Waals surface area contributed by atoms with Gasteiger partial charge in [0.25, 0.3) is 5.91 Å². The zero-order chi connectivity index (χ0) is 20.5. The Kier molecular flexibility index (Phi) is 3.91. The van der Waals surface area contributed by atoms with Gasteiger partial charge >= 0.3 is 0 Å². The van der Waals surface area contributed by atoms with Crippen molar-refractivity contribution in [1.29, 1.82) is 0 Å². The van der Waals surface area contributed by atoms with Gasteiger partial charge in [-0.15, -0.1) is 0 Å². The molecule has 5 nitrogen and oxygen atoms in total. The topological polar surface area (TPSA) is 88.8 Å². The molecule has 3 atom stereocenters. The van der Waals surface area contributed by atoms with Gasteiger partial charge in [0.2, 0.25) is 0 Å². The normalized spacial score (nSPS) is 25.2. The molecule has 3 N–H and O–H groups in total. The minimum Gasteiger partial charge on any atom is -0.364 e. The van der Waals surface area contributed by atoms with Gasteiger partial charge in [-0.2, -0.15) is 0 Å². The average molecular weight is 408 g/mol. The molecular formula is C23H22ClN3O2. The Morgan fingerprint density at radius 1 is 1.28 bits per heavy atom. The molecule has 2 aliphatic carbocycles. The lowest BCUT2D eigenvalue weighted by atomic mass is 9.77. The molecule has 1 aromatic carbocycles. The number of benzene rings is 1. The summed E-state index contributed by atoms with van der Waals surface area (Å²) in [6.45, 7) is 4.36. The minimum absolute atomic E-state index is 0.0203. The number of nitrogens with zero attached hydrogens (tertiary/aromatic N) is 1. The van der Waals surface area contributed by atoms with Crippen LogP contribution in [-0.2, 0) is 5.41 Å². The fraction of sp³-hybridized carbons (Fsp3) is 0.348. The summed E-state index contributed by atoms with van der Waals surface area (Å²) in [6, 6.07) is 7.28. The zero-order valence-electron chi connectivity index (χ0n) is 16.4. The van der Waals surface area contributed by atoms with Crippen molar-refractivity contribution in [2.45, 2.75) is 38.5 Å². The predicted octanol–water partition coefficient (Wildman–Crippen LogP) is 4.34. The van der Waals surface area contributed by atoms with Crippen LogP contribution in [-0.4, -0.2) is 15.9 Å². The first-order valence-electron chi connectivity index (χ1n) is 9.90. The number of hydrogen-bond donors (Lipinski definition) is 2. The zero-order valence-corrected chi connectivity index (χ0v) is 17.1. The van der Waals surface area contributed by atoms with Gasteiger partial charge in [0.05, 0.1) is 16.6 Å². The molecular weight excluding hydrogens is 386 g/mol. The Balaban J connectivity index is 1.63. The lowest BCUT2D eigenvalue weighted by Crippen LogP contribution is -2.20. The maximum absolute atomic E-state index is 12.8. The third-order valence-electron chi connectivity index (χ3n) is 6.72. The number of nitrogens with one attached hydrogen (secondary N) is 1. The summed E-state index contributed by atoms with van der Waals surface area (Å²) in [5.41, 5.74) is 9.52. The maximum atomic E-state index is 12.8. The van der Waals surface area contributed by atoms with Crippen molar-refractivity contribution in [3.8, 4) is 11.3 Å². The molecule has 0 spiro atoms. The average Bonchev–Trinajstić information content (AvgIpc) is 3.29. The van der Waals surface area contributed by atoms with Crippen LogP contribution in [0.1, 0.15) is 47.8 Å². The number of aromatic nitrogens is 2. The second-order valence-electron chi connectivity index (χ2n) is 8.87. The highest BCUT2D eigenvalue weighted by Gasteiger charge is 2.52. The Bertz CT molecular complexity index is 1240. The second kappa shape index (κ2) is 6.17. The second-order valence-corrected chi connectivity index (χ2v) is 9.27. The number of pyridine rings is 2. The van der Waals surface area contributed by atoms with Gasteiger partial charge in [-0.05, 0) is 66.7 Å². The molecule has 2 heterocycles. The van der Waals surface area contributed by atoms with Gasteiger partial charge in [-0.1, -0.05) is 24.6 Å². The number of carbonyl (C=O) groups excluding carboxylic acids is 1. The molecule has 148 valence electrons. The van der Waals surface area contributed by atoms with Crippen LogP contribution < -0.4 is 11.2 Å². The third-order valence-corrected chi connectivity index (χ3v) is 7.04. The van der Waals surface area contributed by atoms with Crippen molar-refractivity contribution in [3.05, 3.63) is 62.5 Å². The van der Waals surface area contributed by atoms with E-state index in [2.05, 4.69) is 23.0 Å². The number of primary amides is 1. The van der Waals surface area contributed by atoms with E-state index in [0.717, 1.165) is 28.0 Å². The lowest BCUT2D eigenvalue weighted by Gasteiger charge is -2.28. The van der Waals surface area contributed by atoms with E-state index >= 15 is 0 Å². The van der Waals surface area contributed by atoms with Crippen molar-refractivity contribution in [2.75, 3.05) is 0 Å². The highest BCUT2D eigenvalue weighted by atomic mass is 35.5. The molecule has 0 bridgehead atoms. The van der Waals surface area contributed by atoms with Crippen LogP contribution >= 0.6 is 11.6 Å². The number of aryl methyl sites for hydroxylation is 1. The molecule has 5 rings (SSSR count). The van der Waals surface area contributed by atoms with Gasteiger partial charge in [-0.3, -0.25) is 14.6 Å². The van der Waals surface area contributed by atoms with Crippen molar-refractivity contribution < 1.29 is 4.79 Å². The fourth-order valence-corrected chi connectivity index (χ4v) is 5.63. The third kappa shape index (κ3) is 2.87. The van der Waals surface area contributed by atoms with Crippen LogP contribution in [0.25, 0.3) is 22.2 Å². The number of carbonyl (C=O) groups is 1. The standard InChI is InChI=1S/C23H22ClN3O2/c1-11-5-15(23(2)9-12-6-13(12)10-23)16(24)7-14(11)18-8-19(28)20-17(27-18)3-4-26-21(20)22(25)29/h3-5,7-8,12-13H,6,9-10H2,1-2H3,(H2,25,29)(H,27,28)/t12-,13+,23-. The molecule has 2 fully saturated rings. The maximum Gasteiger partial charge on any atom is 0.268 e. The van der Waals surface area contributed by atoms with Crippen LogP contribution in [0.3, 0.4) is 0 Å². The van der Waals surface area contributed by atoms with Gasteiger partial charge in [0.1, 0.15) is 5.69 Å². The highest BCUT2D eigenvalue weighted by molar-refractivity contribution is 6.31. The molecule has 2 aliphatic rings. The van der Waals surface area contributed by atoms with Crippen LogP contribution in [0.2, 0.25) is 5.02 Å². The van der Waals surface area contributed by atoms with Crippen LogP contribution in [0.4, 0.5) is 0 Å². The summed E-state index contributed by atoms with van der Waals surface area (Å²) in [7, 11) is 0. The van der Waals surface area contributed by atoms with Crippen molar-refractivity contribution in [1.82, 2.24) is 9.97 Å². The summed E-state index contributed by atoms with van der Waals surface area (Å²) in [5, 5.41) is 0.949. The predicted molar refractivity (Wildman–Crippen MR) is 114 cm³/mol. The summed E-state index contributed by atoms with van der Waals surface area (Å²) in [4.78, 5) is 31.6. The van der Waals surface area contributed by atoms with Crippen molar-refractivity contribution in [3.63, 3.8) is 0 Å². The number of rotatable bonds is 3. The first-order chi connectivity index (χ1) is 13.8. The number of hydrogen-bond acceptors (Lipinski definition) is 3. The van der Waals surface area contributed by atoms with Crippen molar-refractivity contribution >= 4 is 28.4 Å². The Morgan fingerprint density at radius 3 is 2.69 bits per heavy atom. The molecule has 6 heteroatoms. The number of fused-ring (bicyclic) bond motifs is 2. The Morgan fingerprint density at radius 2 is 2.00 bits per heavy atom. The van der Waals surface area contributed by atoms with E-state index in [1.54, 1.807) is 6.07 Å². The summed E-state index contributed by atoms with van der Waals surface area (Å²) in [6.07, 6.45) is 5.24. The molecule has 3 aromatic rings. The Labute approximate surface area is 173 Å². The number of aromatic amines is 1. The minimum atomic E-state index is -0.722. The van der Waals surface area contributed by atoms with Gasteiger partial charge in [0.15, 0.2) is 5.43 Å². The van der Waals surface area contributed by atoms with Crippen LogP contribution in [0, 0.1) is 18.8 Å². The van der Waals surface area contributed by atoms with E-state index in [4.69, 9.17) is 17.3 Å². The lowest BCUT2D eigenvalue weighted by molar-refractivity contribution is 0.0997. The van der Waals surface area contributed by atoms with Gasteiger partial charge in [0, 0.05) is 22.8 Å². The molecule has 0 radical (unpaired) electrons. The molecule has 29 heavy (non-hydrogen) atoms. The summed E-state index contributed by atoms with van der Waals surface area (Å²) in [5.74, 6) is 1.00. The number of H-pyrrole nitrogens is 1. The SMILES string of the molecule is Cc1cc([C@]2(C)C[C@H]3C[C@H]3C2)c(Cl)cc1-c1cc(=O)c2c(C(N)=O)nccc2[nH]1. The van der Waals surface area contributed by atoms with Crippen LogP contribution in [0.15, 0.2) is 35.3 Å². The quantitative estimate of drug-likeness (QED) is 0.676. The molecule has 2 saturated carbocycles. The number of amides is 1. The van der Waals surface area contributed by atoms with E-state index in [1.807, 2.05) is 13.0 Å². The van der Waals surface area contributed by atoms with Gasteiger partial charge in [-0.25, -0.2) is 0 Å². The van der Waals surface area contributed by atoms with Crippen LogP contribution in [0.5, 0.6) is 0 Å². The summed E-state index contributed by atoms with van der Waals surface area (Å²) < 4.78 is 0. The van der Waals surface area contributed by atoms with E-state index < -0.39 is 5.91 Å². The smallest absolute Gasteiger partial charge is 0.268 e. The van der Waals surface area contributed by atoms with E-state index in [9.17, 15) is 9.59 Å².